The summed E-state index contributed by atoms with van der Waals surface area (Å²) < 4.78 is 0. The lowest BCUT2D eigenvalue weighted by Gasteiger charge is -2.07. The highest BCUT2D eigenvalue weighted by atomic mass is 16.2. The number of hydrogen-bond donors (Lipinski definition) is 4. The molecule has 6 heteroatoms. The summed E-state index contributed by atoms with van der Waals surface area (Å²) >= 11 is 0. The molecule has 5 N–H and O–H groups in total. The number of nitrogens with one attached hydrogen (secondary N) is 3. The maximum Gasteiger partial charge on any atom is 0.275 e. The molecule has 0 atom stereocenters. The standard InChI is InChI=1S/C17H20N4O2/c18-8-4-1-5-9-19-15-14(16(22)21-17(15)23)12-10-20-13-7-3-2-6-11(12)13/h2-3,6-7,10,20H,1,4-5,8-9,18H2,(H2,19,21,22,23). The fraction of sp³-hybridized carbons (Fsp3) is 0.294. The van der Waals surface area contributed by atoms with Gasteiger partial charge in [0.05, 0.1) is 5.57 Å². The average molecular weight is 312 g/mol. The number of carbonyl (C=O) groups is 2. The monoisotopic (exact) mass is 312 g/mol. The van der Waals surface area contributed by atoms with Gasteiger partial charge in [-0.3, -0.25) is 14.9 Å². The molecule has 1 aliphatic heterocycles. The Balaban J connectivity index is 1.89. The summed E-state index contributed by atoms with van der Waals surface area (Å²) in [7, 11) is 0. The minimum absolute atomic E-state index is 0.354. The largest absolute Gasteiger partial charge is 0.380 e. The van der Waals surface area contributed by atoms with Gasteiger partial charge in [0.25, 0.3) is 11.8 Å². The second-order valence-corrected chi connectivity index (χ2v) is 5.56. The van der Waals surface area contributed by atoms with Crippen molar-refractivity contribution in [3.63, 3.8) is 0 Å². The zero-order chi connectivity index (χ0) is 16.2. The fourth-order valence-electron chi connectivity index (χ4n) is 2.82. The molecule has 2 amide bonds. The van der Waals surface area contributed by atoms with E-state index in [1.54, 1.807) is 6.20 Å². The molecule has 1 aromatic heterocycles. The number of rotatable bonds is 7. The number of para-hydroxylation sites is 1. The molecule has 0 spiro atoms. The summed E-state index contributed by atoms with van der Waals surface area (Å²) in [6, 6.07) is 7.71. The summed E-state index contributed by atoms with van der Waals surface area (Å²) in [6.07, 6.45) is 4.63. The zero-order valence-electron chi connectivity index (χ0n) is 12.8. The van der Waals surface area contributed by atoms with E-state index in [1.807, 2.05) is 24.3 Å². The van der Waals surface area contributed by atoms with Crippen molar-refractivity contribution in [1.29, 1.82) is 0 Å². The van der Waals surface area contributed by atoms with E-state index in [1.165, 1.54) is 0 Å². The highest BCUT2D eigenvalue weighted by Gasteiger charge is 2.32. The van der Waals surface area contributed by atoms with Crippen LogP contribution >= 0.6 is 0 Å². The molecule has 23 heavy (non-hydrogen) atoms. The van der Waals surface area contributed by atoms with E-state index in [0.717, 1.165) is 35.7 Å². The van der Waals surface area contributed by atoms with Crippen molar-refractivity contribution >= 4 is 28.3 Å². The number of fused-ring (bicyclic) bond motifs is 1. The van der Waals surface area contributed by atoms with Gasteiger partial charge in [-0.15, -0.1) is 0 Å². The van der Waals surface area contributed by atoms with Crippen LogP contribution in [0.25, 0.3) is 16.5 Å². The number of amides is 2. The van der Waals surface area contributed by atoms with E-state index in [-0.39, 0.29) is 11.8 Å². The van der Waals surface area contributed by atoms with Crippen LogP contribution in [0.4, 0.5) is 0 Å². The summed E-state index contributed by atoms with van der Waals surface area (Å²) in [6.45, 7) is 1.31. The minimum Gasteiger partial charge on any atom is -0.380 e. The number of unbranched alkanes of at least 4 members (excludes halogenated alkanes) is 2. The molecular weight excluding hydrogens is 292 g/mol. The third-order valence-corrected chi connectivity index (χ3v) is 3.97. The first-order valence-electron chi connectivity index (χ1n) is 7.82. The van der Waals surface area contributed by atoms with Crippen LogP contribution < -0.4 is 16.4 Å². The number of carbonyl (C=O) groups excluding carboxylic acids is 2. The van der Waals surface area contributed by atoms with Gasteiger partial charge in [-0.2, -0.15) is 0 Å². The molecule has 0 fully saturated rings. The quantitative estimate of drug-likeness (QED) is 0.457. The SMILES string of the molecule is NCCCCCNC1=C(c2c[nH]c3ccccc23)C(=O)NC1=O. The molecule has 2 aromatic rings. The molecule has 0 bridgehead atoms. The molecule has 1 aromatic carbocycles. The minimum atomic E-state index is -0.367. The van der Waals surface area contributed by atoms with Crippen molar-refractivity contribution in [2.75, 3.05) is 13.1 Å². The number of aromatic amines is 1. The van der Waals surface area contributed by atoms with Crippen molar-refractivity contribution in [3.8, 4) is 0 Å². The molecule has 1 aliphatic rings. The molecule has 0 saturated carbocycles. The topological polar surface area (TPSA) is 100 Å². The van der Waals surface area contributed by atoms with E-state index in [2.05, 4.69) is 15.6 Å². The number of hydrogen-bond acceptors (Lipinski definition) is 4. The molecule has 120 valence electrons. The fourth-order valence-corrected chi connectivity index (χ4v) is 2.82. The Hall–Kier alpha value is -2.60. The Morgan fingerprint density at radius 3 is 2.70 bits per heavy atom. The summed E-state index contributed by atoms with van der Waals surface area (Å²) in [4.78, 5) is 27.4. The molecule has 6 nitrogen and oxygen atoms in total. The second kappa shape index (κ2) is 6.66. The Morgan fingerprint density at radius 2 is 1.87 bits per heavy atom. The van der Waals surface area contributed by atoms with Gasteiger partial charge in [0.15, 0.2) is 0 Å². The Bertz CT molecular complexity index is 776. The molecule has 3 rings (SSSR count). The van der Waals surface area contributed by atoms with Crippen LogP contribution in [0.15, 0.2) is 36.2 Å². The van der Waals surface area contributed by atoms with Gasteiger partial charge >= 0.3 is 0 Å². The zero-order valence-corrected chi connectivity index (χ0v) is 12.8. The summed E-state index contributed by atoms with van der Waals surface area (Å²) in [5.74, 6) is -0.724. The van der Waals surface area contributed by atoms with Gasteiger partial charge in [-0.05, 0) is 25.5 Å². The smallest absolute Gasteiger partial charge is 0.275 e. The maximum atomic E-state index is 12.2. The Morgan fingerprint density at radius 1 is 1.04 bits per heavy atom. The van der Waals surface area contributed by atoms with E-state index in [4.69, 9.17) is 5.73 Å². The summed E-state index contributed by atoms with van der Waals surface area (Å²) in [5.41, 5.74) is 7.91. The van der Waals surface area contributed by atoms with Crippen LogP contribution in [0.2, 0.25) is 0 Å². The highest BCUT2D eigenvalue weighted by molar-refractivity contribution is 6.37. The average Bonchev–Trinajstić information content (AvgIpc) is 3.08. The lowest BCUT2D eigenvalue weighted by Crippen LogP contribution is -2.27. The first kappa shape index (κ1) is 15.3. The van der Waals surface area contributed by atoms with E-state index >= 15 is 0 Å². The first-order valence-corrected chi connectivity index (χ1v) is 7.82. The predicted octanol–water partition coefficient (Wildman–Crippen LogP) is 1.25. The van der Waals surface area contributed by atoms with Crippen molar-refractivity contribution in [3.05, 3.63) is 41.7 Å². The van der Waals surface area contributed by atoms with Crippen LogP contribution in [0.3, 0.4) is 0 Å². The predicted molar refractivity (Wildman–Crippen MR) is 89.3 cm³/mol. The number of H-pyrrole nitrogens is 1. The van der Waals surface area contributed by atoms with Crippen LogP contribution in [0, 0.1) is 0 Å². The second-order valence-electron chi connectivity index (χ2n) is 5.56. The van der Waals surface area contributed by atoms with Gasteiger partial charge in [0.1, 0.15) is 5.70 Å². The Kier molecular flexibility index (Phi) is 4.43. The first-order chi connectivity index (χ1) is 11.2. The van der Waals surface area contributed by atoms with Crippen molar-refractivity contribution in [2.45, 2.75) is 19.3 Å². The number of aromatic nitrogens is 1. The van der Waals surface area contributed by atoms with Crippen LogP contribution in [0.1, 0.15) is 24.8 Å². The molecule has 0 radical (unpaired) electrons. The van der Waals surface area contributed by atoms with Gasteiger partial charge in [-0.25, -0.2) is 0 Å². The molecule has 2 heterocycles. The lowest BCUT2D eigenvalue weighted by molar-refractivity contribution is -0.123. The van der Waals surface area contributed by atoms with Gasteiger partial charge in [0.2, 0.25) is 0 Å². The maximum absolute atomic E-state index is 12.2. The van der Waals surface area contributed by atoms with Crippen LogP contribution in [0.5, 0.6) is 0 Å². The van der Waals surface area contributed by atoms with Crippen LogP contribution in [-0.4, -0.2) is 29.9 Å². The van der Waals surface area contributed by atoms with Gasteiger partial charge in [-0.1, -0.05) is 24.6 Å². The number of nitrogens with two attached hydrogens (primary N) is 1. The van der Waals surface area contributed by atoms with E-state index in [0.29, 0.717) is 24.4 Å². The summed E-state index contributed by atoms with van der Waals surface area (Å²) in [5, 5.41) is 6.42. The molecule has 0 unspecified atom stereocenters. The number of imide groups is 1. The third-order valence-electron chi connectivity index (χ3n) is 3.97. The normalized spacial score (nSPS) is 14.7. The van der Waals surface area contributed by atoms with E-state index < -0.39 is 0 Å². The van der Waals surface area contributed by atoms with Gasteiger partial charge in [0, 0.05) is 29.2 Å². The molecule has 0 aliphatic carbocycles. The molecular formula is C17H20N4O2. The molecule has 0 saturated heterocycles. The lowest BCUT2D eigenvalue weighted by atomic mass is 10.0. The number of benzene rings is 1. The highest BCUT2D eigenvalue weighted by Crippen LogP contribution is 2.29. The van der Waals surface area contributed by atoms with E-state index in [9.17, 15) is 9.59 Å². The van der Waals surface area contributed by atoms with Gasteiger partial charge < -0.3 is 16.0 Å². The van der Waals surface area contributed by atoms with Crippen LogP contribution in [-0.2, 0) is 9.59 Å². The Labute approximate surface area is 134 Å². The van der Waals surface area contributed by atoms with Crippen molar-refractivity contribution in [1.82, 2.24) is 15.6 Å². The third kappa shape index (κ3) is 2.98. The van der Waals surface area contributed by atoms with Crippen molar-refractivity contribution in [2.24, 2.45) is 5.73 Å². The van der Waals surface area contributed by atoms with Crippen molar-refractivity contribution < 1.29 is 9.59 Å².